The maximum Gasteiger partial charge on any atom is 0.0771 e. The van der Waals surface area contributed by atoms with Crippen LogP contribution < -0.4 is 5.32 Å². The topological polar surface area (TPSA) is 32.3 Å². The van der Waals surface area contributed by atoms with Gasteiger partial charge < -0.3 is 10.4 Å². The van der Waals surface area contributed by atoms with E-state index in [-0.39, 0.29) is 0 Å². The Morgan fingerprint density at radius 3 is 2.54 bits per heavy atom. The van der Waals surface area contributed by atoms with Gasteiger partial charge in [0.25, 0.3) is 0 Å². The van der Waals surface area contributed by atoms with Crippen LogP contribution >= 0.6 is 0 Å². The van der Waals surface area contributed by atoms with Crippen molar-refractivity contribution in [2.75, 3.05) is 13.1 Å². The van der Waals surface area contributed by atoms with E-state index in [9.17, 15) is 5.11 Å². The summed E-state index contributed by atoms with van der Waals surface area (Å²) in [6, 6.07) is 0. The Hall–Kier alpha value is -0.0800. The van der Waals surface area contributed by atoms with E-state index in [0.717, 1.165) is 19.5 Å². The lowest BCUT2D eigenvalue weighted by molar-refractivity contribution is 0.00262. The second-order valence-corrected chi connectivity index (χ2v) is 4.52. The molecule has 0 bridgehead atoms. The summed E-state index contributed by atoms with van der Waals surface area (Å²) >= 11 is 0. The molecule has 0 aromatic carbocycles. The Labute approximate surface area is 81.7 Å². The Bertz CT molecular complexity index is 139. The lowest BCUT2D eigenvalue weighted by atomic mass is 9.88. The van der Waals surface area contributed by atoms with Crippen LogP contribution in [0.3, 0.4) is 0 Å². The second-order valence-electron chi connectivity index (χ2n) is 4.52. The SMILES string of the molecule is CCCNCC(C)(O)C1CCCC1. The van der Waals surface area contributed by atoms with E-state index < -0.39 is 5.60 Å². The molecule has 1 saturated carbocycles. The standard InChI is InChI=1S/C11H23NO/c1-3-8-12-9-11(2,13)10-6-4-5-7-10/h10,12-13H,3-9H2,1-2H3. The van der Waals surface area contributed by atoms with Crippen molar-refractivity contribution in [1.29, 1.82) is 0 Å². The highest BCUT2D eigenvalue weighted by atomic mass is 16.3. The summed E-state index contributed by atoms with van der Waals surface area (Å²) in [5.74, 6) is 0.525. The molecule has 2 nitrogen and oxygen atoms in total. The molecule has 1 rings (SSSR count). The van der Waals surface area contributed by atoms with Gasteiger partial charge in [-0.05, 0) is 38.6 Å². The van der Waals surface area contributed by atoms with Gasteiger partial charge in [-0.25, -0.2) is 0 Å². The predicted octanol–water partition coefficient (Wildman–Crippen LogP) is 1.93. The summed E-state index contributed by atoms with van der Waals surface area (Å²) in [7, 11) is 0. The largest absolute Gasteiger partial charge is 0.389 e. The van der Waals surface area contributed by atoms with Gasteiger partial charge in [0.15, 0.2) is 0 Å². The van der Waals surface area contributed by atoms with Crippen LogP contribution in [0, 0.1) is 5.92 Å². The van der Waals surface area contributed by atoms with Gasteiger partial charge in [0.2, 0.25) is 0 Å². The van der Waals surface area contributed by atoms with E-state index in [2.05, 4.69) is 12.2 Å². The minimum atomic E-state index is -0.480. The van der Waals surface area contributed by atoms with Crippen molar-refractivity contribution in [3.8, 4) is 0 Å². The molecular weight excluding hydrogens is 162 g/mol. The van der Waals surface area contributed by atoms with Gasteiger partial charge in [0, 0.05) is 6.54 Å². The fourth-order valence-electron chi connectivity index (χ4n) is 2.21. The van der Waals surface area contributed by atoms with Crippen LogP contribution in [0.25, 0.3) is 0 Å². The third kappa shape index (κ3) is 3.28. The number of hydrogen-bond donors (Lipinski definition) is 2. The van der Waals surface area contributed by atoms with Crippen molar-refractivity contribution < 1.29 is 5.11 Å². The van der Waals surface area contributed by atoms with Crippen LogP contribution in [0.5, 0.6) is 0 Å². The Morgan fingerprint density at radius 2 is 2.00 bits per heavy atom. The first kappa shape index (κ1) is 11.0. The van der Waals surface area contributed by atoms with E-state index >= 15 is 0 Å². The molecule has 0 amide bonds. The molecule has 1 atom stereocenters. The average Bonchev–Trinajstić information content (AvgIpc) is 2.56. The molecule has 78 valence electrons. The smallest absolute Gasteiger partial charge is 0.0771 e. The maximum absolute atomic E-state index is 10.2. The van der Waals surface area contributed by atoms with E-state index in [0.29, 0.717) is 5.92 Å². The highest BCUT2D eigenvalue weighted by molar-refractivity contribution is 4.87. The lowest BCUT2D eigenvalue weighted by Gasteiger charge is -2.30. The van der Waals surface area contributed by atoms with Crippen LogP contribution in [0.2, 0.25) is 0 Å². The first-order chi connectivity index (χ1) is 6.17. The Morgan fingerprint density at radius 1 is 1.38 bits per heavy atom. The molecule has 1 unspecified atom stereocenters. The molecule has 0 radical (unpaired) electrons. The Kier molecular flexibility index (Phi) is 4.20. The van der Waals surface area contributed by atoms with Gasteiger partial charge in [0.1, 0.15) is 0 Å². The average molecular weight is 185 g/mol. The summed E-state index contributed by atoms with van der Waals surface area (Å²) in [5.41, 5.74) is -0.480. The van der Waals surface area contributed by atoms with Gasteiger partial charge in [-0.2, -0.15) is 0 Å². The normalized spacial score (nSPS) is 23.3. The molecule has 0 aromatic rings. The van der Waals surface area contributed by atoms with E-state index in [4.69, 9.17) is 0 Å². The zero-order valence-corrected chi connectivity index (χ0v) is 8.97. The van der Waals surface area contributed by atoms with Gasteiger partial charge in [-0.15, -0.1) is 0 Å². The third-order valence-electron chi connectivity index (χ3n) is 3.14. The molecular formula is C11H23NO. The lowest BCUT2D eigenvalue weighted by Crippen LogP contribution is -2.43. The third-order valence-corrected chi connectivity index (χ3v) is 3.14. The summed E-state index contributed by atoms with van der Waals surface area (Å²) in [5, 5.41) is 13.5. The summed E-state index contributed by atoms with van der Waals surface area (Å²) in [4.78, 5) is 0. The fraction of sp³-hybridized carbons (Fsp3) is 1.00. The number of rotatable bonds is 5. The highest BCUT2D eigenvalue weighted by Gasteiger charge is 2.33. The van der Waals surface area contributed by atoms with Crippen LogP contribution in [-0.4, -0.2) is 23.8 Å². The molecule has 13 heavy (non-hydrogen) atoms. The molecule has 1 aliphatic carbocycles. The molecule has 0 aliphatic heterocycles. The van der Waals surface area contributed by atoms with Gasteiger partial charge in [0.05, 0.1) is 5.60 Å². The zero-order chi connectivity index (χ0) is 9.73. The van der Waals surface area contributed by atoms with Gasteiger partial charge in [-0.1, -0.05) is 19.8 Å². The van der Waals surface area contributed by atoms with Crippen LogP contribution in [-0.2, 0) is 0 Å². The number of aliphatic hydroxyl groups is 1. The van der Waals surface area contributed by atoms with Crippen molar-refractivity contribution in [2.45, 2.75) is 51.6 Å². The second kappa shape index (κ2) is 4.97. The molecule has 1 aliphatic rings. The molecule has 0 saturated heterocycles. The van der Waals surface area contributed by atoms with Crippen molar-refractivity contribution in [1.82, 2.24) is 5.32 Å². The highest BCUT2D eigenvalue weighted by Crippen LogP contribution is 2.33. The Balaban J connectivity index is 2.26. The monoisotopic (exact) mass is 185 g/mol. The molecule has 1 fully saturated rings. The van der Waals surface area contributed by atoms with E-state index in [1.165, 1.54) is 25.7 Å². The first-order valence-electron chi connectivity index (χ1n) is 5.60. The first-order valence-corrected chi connectivity index (χ1v) is 5.60. The van der Waals surface area contributed by atoms with Crippen LogP contribution in [0.4, 0.5) is 0 Å². The molecule has 0 aromatic heterocycles. The van der Waals surface area contributed by atoms with Gasteiger partial charge in [-0.3, -0.25) is 0 Å². The fourth-order valence-corrected chi connectivity index (χ4v) is 2.21. The summed E-state index contributed by atoms with van der Waals surface area (Å²) in [6.07, 6.45) is 6.16. The van der Waals surface area contributed by atoms with E-state index in [1.54, 1.807) is 0 Å². The van der Waals surface area contributed by atoms with Crippen molar-refractivity contribution in [3.05, 3.63) is 0 Å². The summed E-state index contributed by atoms with van der Waals surface area (Å²) < 4.78 is 0. The van der Waals surface area contributed by atoms with E-state index in [1.807, 2.05) is 6.92 Å². The number of hydrogen-bond acceptors (Lipinski definition) is 2. The van der Waals surface area contributed by atoms with Crippen LogP contribution in [0.1, 0.15) is 46.0 Å². The minimum Gasteiger partial charge on any atom is -0.389 e. The molecule has 0 heterocycles. The quantitative estimate of drug-likeness (QED) is 0.641. The molecule has 2 N–H and O–H groups in total. The van der Waals surface area contributed by atoms with Crippen molar-refractivity contribution in [2.24, 2.45) is 5.92 Å². The van der Waals surface area contributed by atoms with Crippen molar-refractivity contribution in [3.63, 3.8) is 0 Å². The predicted molar refractivity (Wildman–Crippen MR) is 55.7 cm³/mol. The van der Waals surface area contributed by atoms with Crippen molar-refractivity contribution >= 4 is 0 Å². The van der Waals surface area contributed by atoms with Crippen LogP contribution in [0.15, 0.2) is 0 Å². The zero-order valence-electron chi connectivity index (χ0n) is 8.97. The molecule has 2 heteroatoms. The summed E-state index contributed by atoms with van der Waals surface area (Å²) in [6.45, 7) is 5.90. The maximum atomic E-state index is 10.2. The minimum absolute atomic E-state index is 0.480. The number of nitrogens with one attached hydrogen (secondary N) is 1. The molecule has 0 spiro atoms. The van der Waals surface area contributed by atoms with Gasteiger partial charge >= 0.3 is 0 Å².